The second-order valence-corrected chi connectivity index (χ2v) is 4.03. The van der Waals surface area contributed by atoms with Crippen molar-refractivity contribution in [1.82, 2.24) is 9.97 Å². The Morgan fingerprint density at radius 1 is 1.33 bits per heavy atom. The molecule has 0 spiro atoms. The van der Waals surface area contributed by atoms with Gasteiger partial charge in [-0.15, -0.1) is 0 Å². The zero-order valence-corrected chi connectivity index (χ0v) is 10.4. The molecule has 2 aromatic rings. The number of aromatic nitrogens is 2. The van der Waals surface area contributed by atoms with Crippen LogP contribution in [-0.2, 0) is 6.42 Å². The van der Waals surface area contributed by atoms with Crippen LogP contribution < -0.4 is 11.1 Å². The van der Waals surface area contributed by atoms with E-state index in [4.69, 9.17) is 5.73 Å². The summed E-state index contributed by atoms with van der Waals surface area (Å²) in [6.45, 7) is 3.70. The minimum Gasteiger partial charge on any atom is -0.383 e. The molecule has 0 fully saturated rings. The fourth-order valence-electron chi connectivity index (χ4n) is 1.74. The van der Waals surface area contributed by atoms with Crippen molar-refractivity contribution in [3.63, 3.8) is 0 Å². The summed E-state index contributed by atoms with van der Waals surface area (Å²) in [6.07, 6.45) is 2.14. The van der Waals surface area contributed by atoms with Gasteiger partial charge >= 0.3 is 0 Å². The van der Waals surface area contributed by atoms with Crippen LogP contribution in [-0.4, -0.2) is 9.97 Å². The Morgan fingerprint density at radius 2 is 2.11 bits per heavy atom. The van der Waals surface area contributed by atoms with E-state index in [0.717, 1.165) is 17.7 Å². The predicted octanol–water partition coefficient (Wildman–Crippen LogP) is 2.81. The van der Waals surface area contributed by atoms with E-state index in [9.17, 15) is 4.39 Å². The Hall–Kier alpha value is -2.17. The summed E-state index contributed by atoms with van der Waals surface area (Å²) in [6, 6.07) is 4.82. The highest BCUT2D eigenvalue weighted by Crippen LogP contribution is 2.23. The molecule has 2 rings (SSSR count). The van der Waals surface area contributed by atoms with Crippen molar-refractivity contribution < 1.29 is 4.39 Å². The Balaban J connectivity index is 2.34. The molecule has 0 saturated carbocycles. The molecule has 0 unspecified atom stereocenters. The van der Waals surface area contributed by atoms with Crippen LogP contribution in [0.25, 0.3) is 0 Å². The van der Waals surface area contributed by atoms with Crippen LogP contribution in [0.1, 0.15) is 18.1 Å². The lowest BCUT2D eigenvalue weighted by Crippen LogP contribution is -2.04. The Kier molecular flexibility index (Phi) is 3.41. The lowest BCUT2D eigenvalue weighted by Gasteiger charge is -2.11. The molecule has 4 nitrogen and oxygen atoms in total. The van der Waals surface area contributed by atoms with E-state index in [-0.39, 0.29) is 5.82 Å². The third-order valence-corrected chi connectivity index (χ3v) is 2.75. The van der Waals surface area contributed by atoms with E-state index in [1.807, 2.05) is 6.92 Å². The molecule has 0 atom stereocenters. The minimum atomic E-state index is -0.224. The molecule has 0 radical (unpaired) electrons. The lowest BCUT2D eigenvalue weighted by molar-refractivity contribution is 0.619. The monoisotopic (exact) mass is 246 g/mol. The minimum absolute atomic E-state index is 0.224. The molecule has 0 bridgehead atoms. The topological polar surface area (TPSA) is 63.8 Å². The van der Waals surface area contributed by atoms with Gasteiger partial charge < -0.3 is 11.1 Å². The molecular weight excluding hydrogens is 231 g/mol. The maximum atomic E-state index is 13.2. The SMILES string of the molecule is CCc1c(N)ncnc1Nc1ccc(F)c(C)c1. The molecule has 0 aliphatic heterocycles. The first kappa shape index (κ1) is 12.3. The van der Waals surface area contributed by atoms with Crippen molar-refractivity contribution in [3.05, 3.63) is 41.5 Å². The molecule has 5 heteroatoms. The number of nitrogens with zero attached hydrogens (tertiary/aromatic N) is 2. The van der Waals surface area contributed by atoms with Gasteiger partial charge in [-0.05, 0) is 37.1 Å². The zero-order chi connectivity index (χ0) is 13.1. The second kappa shape index (κ2) is 5.00. The largest absolute Gasteiger partial charge is 0.383 e. The first-order chi connectivity index (χ1) is 8.61. The third-order valence-electron chi connectivity index (χ3n) is 2.75. The van der Waals surface area contributed by atoms with Crippen LogP contribution in [0.15, 0.2) is 24.5 Å². The molecule has 0 saturated heterocycles. The molecule has 1 aromatic heterocycles. The van der Waals surface area contributed by atoms with Crippen molar-refractivity contribution >= 4 is 17.3 Å². The summed E-state index contributed by atoms with van der Waals surface area (Å²) < 4.78 is 13.2. The summed E-state index contributed by atoms with van der Waals surface area (Å²) in [7, 11) is 0. The highest BCUT2D eigenvalue weighted by atomic mass is 19.1. The Bertz CT molecular complexity index is 569. The molecule has 0 aliphatic rings. The summed E-state index contributed by atoms with van der Waals surface area (Å²) in [5.74, 6) is 0.906. The summed E-state index contributed by atoms with van der Waals surface area (Å²) in [5.41, 5.74) is 8.01. The first-order valence-corrected chi connectivity index (χ1v) is 5.74. The summed E-state index contributed by atoms with van der Waals surface area (Å²) in [5, 5.41) is 3.13. The molecule has 3 N–H and O–H groups in total. The normalized spacial score (nSPS) is 10.4. The zero-order valence-electron chi connectivity index (χ0n) is 10.4. The highest BCUT2D eigenvalue weighted by molar-refractivity contribution is 5.64. The van der Waals surface area contributed by atoms with Crippen molar-refractivity contribution in [3.8, 4) is 0 Å². The molecular formula is C13H15FN4. The van der Waals surface area contributed by atoms with Gasteiger partial charge in [0.2, 0.25) is 0 Å². The van der Waals surface area contributed by atoms with Gasteiger partial charge in [-0.3, -0.25) is 0 Å². The average Bonchev–Trinajstić information content (AvgIpc) is 2.34. The van der Waals surface area contributed by atoms with Gasteiger partial charge in [0.15, 0.2) is 0 Å². The maximum absolute atomic E-state index is 13.2. The van der Waals surface area contributed by atoms with Gasteiger partial charge in [-0.2, -0.15) is 0 Å². The van der Waals surface area contributed by atoms with Gasteiger partial charge in [0.05, 0.1) is 0 Å². The summed E-state index contributed by atoms with van der Waals surface area (Å²) in [4.78, 5) is 8.11. The molecule has 0 amide bonds. The molecule has 18 heavy (non-hydrogen) atoms. The van der Waals surface area contributed by atoms with Gasteiger partial charge in [-0.1, -0.05) is 6.92 Å². The molecule has 94 valence electrons. The van der Waals surface area contributed by atoms with Gasteiger partial charge in [-0.25, -0.2) is 14.4 Å². The lowest BCUT2D eigenvalue weighted by atomic mass is 10.2. The van der Waals surface area contributed by atoms with Crippen LogP contribution in [0.2, 0.25) is 0 Å². The number of nitrogen functional groups attached to an aromatic ring is 1. The van der Waals surface area contributed by atoms with Crippen LogP contribution in [0, 0.1) is 12.7 Å². The standard InChI is InChI=1S/C13H15FN4/c1-3-10-12(15)16-7-17-13(10)18-9-4-5-11(14)8(2)6-9/h4-7H,3H2,1-2H3,(H3,15,16,17,18). The average molecular weight is 246 g/mol. The van der Waals surface area contributed by atoms with Crippen LogP contribution in [0.4, 0.5) is 21.7 Å². The number of nitrogens with one attached hydrogen (secondary N) is 1. The maximum Gasteiger partial charge on any atom is 0.139 e. The number of halogens is 1. The van der Waals surface area contributed by atoms with Gasteiger partial charge in [0, 0.05) is 11.3 Å². The van der Waals surface area contributed by atoms with E-state index in [0.29, 0.717) is 17.2 Å². The number of hydrogen-bond acceptors (Lipinski definition) is 4. The smallest absolute Gasteiger partial charge is 0.139 e. The fourth-order valence-corrected chi connectivity index (χ4v) is 1.74. The Labute approximate surface area is 105 Å². The van der Waals surface area contributed by atoms with Crippen LogP contribution in [0.5, 0.6) is 0 Å². The van der Waals surface area contributed by atoms with Crippen molar-refractivity contribution in [2.45, 2.75) is 20.3 Å². The summed E-state index contributed by atoms with van der Waals surface area (Å²) >= 11 is 0. The quantitative estimate of drug-likeness (QED) is 0.874. The van der Waals surface area contributed by atoms with E-state index in [2.05, 4.69) is 15.3 Å². The number of hydrogen-bond donors (Lipinski definition) is 2. The number of rotatable bonds is 3. The van der Waals surface area contributed by atoms with E-state index < -0.39 is 0 Å². The fraction of sp³-hybridized carbons (Fsp3) is 0.231. The van der Waals surface area contributed by atoms with Crippen LogP contribution in [0.3, 0.4) is 0 Å². The number of aryl methyl sites for hydroxylation is 1. The predicted molar refractivity (Wildman–Crippen MR) is 70.2 cm³/mol. The first-order valence-electron chi connectivity index (χ1n) is 5.74. The van der Waals surface area contributed by atoms with Crippen molar-refractivity contribution in [1.29, 1.82) is 0 Å². The number of anilines is 3. The Morgan fingerprint density at radius 3 is 2.78 bits per heavy atom. The van der Waals surface area contributed by atoms with Gasteiger partial charge in [0.1, 0.15) is 23.8 Å². The highest BCUT2D eigenvalue weighted by Gasteiger charge is 2.08. The van der Waals surface area contributed by atoms with Crippen molar-refractivity contribution in [2.24, 2.45) is 0 Å². The van der Waals surface area contributed by atoms with E-state index >= 15 is 0 Å². The second-order valence-electron chi connectivity index (χ2n) is 4.03. The molecule has 1 aromatic carbocycles. The number of benzene rings is 1. The van der Waals surface area contributed by atoms with E-state index in [1.165, 1.54) is 12.4 Å². The van der Waals surface area contributed by atoms with Gasteiger partial charge in [0.25, 0.3) is 0 Å². The van der Waals surface area contributed by atoms with Crippen LogP contribution >= 0.6 is 0 Å². The molecule has 1 heterocycles. The number of nitrogens with two attached hydrogens (primary N) is 1. The molecule has 0 aliphatic carbocycles. The third kappa shape index (κ3) is 2.40. The van der Waals surface area contributed by atoms with E-state index in [1.54, 1.807) is 19.1 Å². The van der Waals surface area contributed by atoms with Crippen molar-refractivity contribution in [2.75, 3.05) is 11.1 Å².